The number of carbonyl (C=O) groups is 1. The molecule has 2 aromatic carbocycles. The van der Waals surface area contributed by atoms with Crippen molar-refractivity contribution in [2.45, 2.75) is 4.90 Å². The molecule has 0 saturated carbocycles. The summed E-state index contributed by atoms with van der Waals surface area (Å²) in [7, 11) is -4.27. The van der Waals surface area contributed by atoms with Gasteiger partial charge in [-0.3, -0.25) is 4.55 Å². The van der Waals surface area contributed by atoms with Gasteiger partial charge in [-0.05, 0) is 36.4 Å². The summed E-state index contributed by atoms with van der Waals surface area (Å²) in [6.07, 6.45) is -0.948. The molecule has 8 heteroatoms. The van der Waals surface area contributed by atoms with Crippen molar-refractivity contribution >= 4 is 45.8 Å². The van der Waals surface area contributed by atoms with Gasteiger partial charge >= 0.3 is 6.16 Å². The van der Waals surface area contributed by atoms with E-state index in [1.807, 2.05) is 0 Å². The Kier molecular flexibility index (Phi) is 6.38. The third kappa shape index (κ3) is 5.49. The van der Waals surface area contributed by atoms with E-state index in [1.165, 1.54) is 12.1 Å². The molecule has 0 aliphatic heterocycles. The summed E-state index contributed by atoms with van der Waals surface area (Å²) in [5.74, 6) is 0.422. The number of benzene rings is 2. The van der Waals surface area contributed by atoms with Crippen molar-refractivity contribution in [3.63, 3.8) is 0 Å². The molecule has 0 aromatic heterocycles. The van der Waals surface area contributed by atoms with E-state index in [-0.39, 0.29) is 40.2 Å². The summed E-state index contributed by atoms with van der Waals surface area (Å²) < 4.78 is 40.2. The van der Waals surface area contributed by atoms with Crippen LogP contribution in [0.25, 0.3) is 0 Å². The van der Waals surface area contributed by atoms with Crippen LogP contribution in [0.5, 0.6) is 11.5 Å². The monoisotopic (exact) mass is 317 g/mol. The van der Waals surface area contributed by atoms with Gasteiger partial charge in [0.25, 0.3) is 10.1 Å². The predicted octanol–water partition coefficient (Wildman–Crippen LogP) is 2.13. The number of ether oxygens (including phenoxy) is 2. The Hall–Kier alpha value is -1.38. The quantitative estimate of drug-likeness (QED) is 0.404. The SMILES string of the molecule is O=C(Oc1ccccc1)Oc1ccc(S(=O)(=O)O)cc1.[Na]. The molecule has 0 aliphatic rings. The zero-order valence-electron chi connectivity index (χ0n) is 11.1. The van der Waals surface area contributed by atoms with Crippen LogP contribution in [0.3, 0.4) is 0 Å². The van der Waals surface area contributed by atoms with E-state index < -0.39 is 16.3 Å². The molecule has 1 N–H and O–H groups in total. The van der Waals surface area contributed by atoms with E-state index in [2.05, 4.69) is 0 Å². The van der Waals surface area contributed by atoms with Gasteiger partial charge < -0.3 is 9.47 Å². The first-order chi connectivity index (χ1) is 9.45. The molecule has 2 aromatic rings. The van der Waals surface area contributed by atoms with Crippen molar-refractivity contribution in [3.8, 4) is 11.5 Å². The van der Waals surface area contributed by atoms with Crippen molar-refractivity contribution in [2.24, 2.45) is 0 Å². The average molecular weight is 317 g/mol. The van der Waals surface area contributed by atoms with E-state index in [1.54, 1.807) is 30.3 Å². The maximum Gasteiger partial charge on any atom is 0.519 e. The molecule has 0 atom stereocenters. The summed E-state index contributed by atoms with van der Waals surface area (Å²) in [6, 6.07) is 13.0. The van der Waals surface area contributed by atoms with Gasteiger partial charge in [0.2, 0.25) is 0 Å². The van der Waals surface area contributed by atoms with E-state index >= 15 is 0 Å². The first-order valence-corrected chi connectivity index (χ1v) is 6.91. The molecular formula is C13H10NaO6S. The molecule has 0 bridgehead atoms. The smallest absolute Gasteiger partial charge is 0.395 e. The van der Waals surface area contributed by atoms with Gasteiger partial charge in [-0.2, -0.15) is 8.42 Å². The van der Waals surface area contributed by atoms with E-state index in [4.69, 9.17) is 14.0 Å². The fourth-order valence-corrected chi connectivity index (χ4v) is 1.86. The Morgan fingerprint density at radius 2 is 1.33 bits per heavy atom. The summed E-state index contributed by atoms with van der Waals surface area (Å²) in [6.45, 7) is 0. The molecule has 0 aliphatic carbocycles. The molecule has 2 rings (SSSR count). The normalized spacial score (nSPS) is 10.3. The van der Waals surface area contributed by atoms with Crippen LogP contribution in [0.2, 0.25) is 0 Å². The fourth-order valence-electron chi connectivity index (χ4n) is 1.38. The van der Waals surface area contributed by atoms with Crippen LogP contribution in [0.4, 0.5) is 4.79 Å². The summed E-state index contributed by atoms with van der Waals surface area (Å²) in [5, 5.41) is 0. The van der Waals surface area contributed by atoms with Crippen LogP contribution < -0.4 is 9.47 Å². The number of hydrogen-bond acceptors (Lipinski definition) is 5. The predicted molar refractivity (Wildman–Crippen MR) is 75.1 cm³/mol. The van der Waals surface area contributed by atoms with Gasteiger partial charge in [0.15, 0.2) is 0 Å². The number of para-hydroxylation sites is 1. The van der Waals surface area contributed by atoms with E-state index in [0.29, 0.717) is 5.75 Å². The largest absolute Gasteiger partial charge is 0.519 e. The second kappa shape index (κ2) is 7.58. The van der Waals surface area contributed by atoms with Crippen molar-refractivity contribution in [2.75, 3.05) is 0 Å². The minimum Gasteiger partial charge on any atom is -0.395 e. The maximum absolute atomic E-state index is 11.5. The molecule has 1 radical (unpaired) electrons. The summed E-state index contributed by atoms with van der Waals surface area (Å²) in [5.41, 5.74) is 0. The van der Waals surface area contributed by atoms with Crippen molar-refractivity contribution in [1.82, 2.24) is 0 Å². The Morgan fingerprint density at radius 3 is 1.81 bits per heavy atom. The standard InChI is InChI=1S/C13H10O6S.Na/c14-13(18-10-4-2-1-3-5-10)19-11-6-8-12(9-7-11)20(15,16)17;/h1-9H,(H,15,16,17);. The van der Waals surface area contributed by atoms with Crippen LogP contribution in [-0.2, 0) is 10.1 Å². The van der Waals surface area contributed by atoms with Crippen LogP contribution in [0.1, 0.15) is 0 Å². The number of hydrogen-bond donors (Lipinski definition) is 1. The minimum absolute atomic E-state index is 0. The molecule has 21 heavy (non-hydrogen) atoms. The van der Waals surface area contributed by atoms with Gasteiger partial charge in [0.05, 0.1) is 4.90 Å². The van der Waals surface area contributed by atoms with Gasteiger partial charge in [-0.25, -0.2) is 4.79 Å². The molecule has 0 heterocycles. The Balaban J connectivity index is 0.00000220. The van der Waals surface area contributed by atoms with E-state index in [0.717, 1.165) is 12.1 Å². The molecule has 0 spiro atoms. The second-order valence-corrected chi connectivity index (χ2v) is 5.14. The average Bonchev–Trinajstić information content (AvgIpc) is 2.39. The zero-order chi connectivity index (χ0) is 14.6. The Morgan fingerprint density at radius 1 is 0.857 bits per heavy atom. The van der Waals surface area contributed by atoms with Crippen molar-refractivity contribution in [3.05, 3.63) is 54.6 Å². The molecular weight excluding hydrogens is 307 g/mol. The topological polar surface area (TPSA) is 89.9 Å². The number of rotatable bonds is 3. The van der Waals surface area contributed by atoms with Crippen LogP contribution in [0, 0.1) is 0 Å². The van der Waals surface area contributed by atoms with Gasteiger partial charge in [0.1, 0.15) is 11.5 Å². The fraction of sp³-hybridized carbons (Fsp3) is 0. The first kappa shape index (κ1) is 17.7. The van der Waals surface area contributed by atoms with Crippen molar-refractivity contribution in [1.29, 1.82) is 0 Å². The Labute approximate surface area is 143 Å². The van der Waals surface area contributed by atoms with Gasteiger partial charge in [0, 0.05) is 29.6 Å². The second-order valence-electron chi connectivity index (χ2n) is 3.71. The molecule has 0 amide bonds. The van der Waals surface area contributed by atoms with Gasteiger partial charge in [-0.15, -0.1) is 0 Å². The third-order valence-electron chi connectivity index (χ3n) is 2.27. The zero-order valence-corrected chi connectivity index (χ0v) is 13.9. The molecule has 105 valence electrons. The third-order valence-corrected chi connectivity index (χ3v) is 3.14. The minimum atomic E-state index is -4.27. The summed E-state index contributed by atoms with van der Waals surface area (Å²) in [4.78, 5) is 11.2. The summed E-state index contributed by atoms with van der Waals surface area (Å²) >= 11 is 0. The number of carbonyl (C=O) groups excluding carboxylic acids is 1. The maximum atomic E-state index is 11.5. The van der Waals surface area contributed by atoms with Crippen LogP contribution >= 0.6 is 0 Å². The first-order valence-electron chi connectivity index (χ1n) is 5.47. The van der Waals surface area contributed by atoms with Crippen LogP contribution in [0.15, 0.2) is 59.5 Å². The molecule has 6 nitrogen and oxygen atoms in total. The molecule has 0 unspecified atom stereocenters. The van der Waals surface area contributed by atoms with Crippen molar-refractivity contribution < 1.29 is 27.2 Å². The van der Waals surface area contributed by atoms with Crippen LogP contribution in [-0.4, -0.2) is 48.7 Å². The molecule has 0 saturated heterocycles. The molecule has 0 fully saturated rings. The van der Waals surface area contributed by atoms with Gasteiger partial charge in [-0.1, -0.05) is 18.2 Å². The van der Waals surface area contributed by atoms with E-state index in [9.17, 15) is 13.2 Å². The Bertz CT molecular complexity index is 697.